The van der Waals surface area contributed by atoms with Gasteiger partial charge in [0.1, 0.15) is 5.82 Å². The largest absolute Gasteiger partial charge is 0.473 e. The minimum absolute atomic E-state index is 0.197. The number of halogens is 2. The Morgan fingerprint density at radius 1 is 1.10 bits per heavy atom. The molecule has 0 saturated carbocycles. The van der Waals surface area contributed by atoms with Crippen molar-refractivity contribution >= 4 is 23.5 Å². The van der Waals surface area contributed by atoms with Crippen molar-refractivity contribution in [2.24, 2.45) is 0 Å². The topological polar surface area (TPSA) is 117 Å². The van der Waals surface area contributed by atoms with Crippen LogP contribution in [0.2, 0.25) is 5.02 Å². The third kappa shape index (κ3) is 6.09. The Kier molecular flexibility index (Phi) is 7.32. The average molecular weight is 448 g/mol. The predicted molar refractivity (Wildman–Crippen MR) is 108 cm³/mol. The van der Waals surface area contributed by atoms with Crippen molar-refractivity contribution in [3.63, 3.8) is 0 Å². The Balaban J connectivity index is 0.000000401. The van der Waals surface area contributed by atoms with Gasteiger partial charge < -0.3 is 14.7 Å². The van der Waals surface area contributed by atoms with E-state index in [0.29, 0.717) is 35.3 Å². The van der Waals surface area contributed by atoms with Crippen LogP contribution in [0, 0.1) is 5.82 Å². The number of nitrogens with zero attached hydrogens (tertiary/aromatic N) is 3. The monoisotopic (exact) mass is 447 g/mol. The van der Waals surface area contributed by atoms with E-state index in [4.69, 9.17) is 35.9 Å². The first-order chi connectivity index (χ1) is 14.8. The summed E-state index contributed by atoms with van der Waals surface area (Å²) in [5.41, 5.74) is 1.69. The summed E-state index contributed by atoms with van der Waals surface area (Å²) in [4.78, 5) is 24.8. The summed E-state index contributed by atoms with van der Waals surface area (Å²) in [6.45, 7) is 2.02. The van der Waals surface area contributed by atoms with E-state index < -0.39 is 11.9 Å². The molecule has 1 aliphatic heterocycles. The van der Waals surface area contributed by atoms with Gasteiger partial charge in [0.2, 0.25) is 5.89 Å². The zero-order valence-electron chi connectivity index (χ0n) is 16.2. The van der Waals surface area contributed by atoms with Crippen LogP contribution in [0.5, 0.6) is 0 Å². The molecule has 3 aromatic rings. The molecular weight excluding hydrogens is 429 g/mol. The Hall–Kier alpha value is -3.30. The van der Waals surface area contributed by atoms with E-state index >= 15 is 0 Å². The van der Waals surface area contributed by atoms with Crippen LogP contribution >= 0.6 is 11.6 Å². The molecule has 0 spiro atoms. The molecular formula is C21H19ClFN3O5. The van der Waals surface area contributed by atoms with Crippen LogP contribution in [0.25, 0.3) is 0 Å². The van der Waals surface area contributed by atoms with E-state index in [2.05, 4.69) is 15.0 Å². The molecule has 0 unspecified atom stereocenters. The summed E-state index contributed by atoms with van der Waals surface area (Å²) in [6, 6.07) is 14.8. The first kappa shape index (κ1) is 22.4. The minimum atomic E-state index is -1.82. The van der Waals surface area contributed by atoms with Crippen molar-refractivity contribution in [1.82, 2.24) is 15.0 Å². The van der Waals surface area contributed by atoms with Gasteiger partial charge in [-0.1, -0.05) is 53.2 Å². The molecule has 1 saturated heterocycles. The van der Waals surface area contributed by atoms with Crippen molar-refractivity contribution in [3.05, 3.63) is 82.2 Å². The first-order valence-electron chi connectivity index (χ1n) is 9.31. The number of likely N-dealkylation sites (tertiary alicyclic amines) is 1. The van der Waals surface area contributed by atoms with E-state index in [0.717, 1.165) is 18.7 Å². The van der Waals surface area contributed by atoms with E-state index in [1.807, 2.05) is 30.3 Å². The predicted octanol–water partition coefficient (Wildman–Crippen LogP) is 3.21. The lowest BCUT2D eigenvalue weighted by molar-refractivity contribution is -0.159. The standard InChI is InChI=1S/C19H17ClFN3O.C2H2O4/c20-16-7-4-8-17(21)15(16)12-24-10-14(11-24)19-22-18(23-25-19)9-13-5-2-1-3-6-13;3-1(4)2(5)6/h1-8,14H,9-12H2;(H,3,4)(H,5,6). The van der Waals surface area contributed by atoms with Crippen molar-refractivity contribution < 1.29 is 28.7 Å². The molecule has 0 aliphatic carbocycles. The molecule has 2 N–H and O–H groups in total. The third-order valence-corrected chi connectivity index (χ3v) is 4.98. The highest BCUT2D eigenvalue weighted by atomic mass is 35.5. The van der Waals surface area contributed by atoms with Crippen LogP contribution in [-0.2, 0) is 22.6 Å². The average Bonchev–Trinajstić information content (AvgIpc) is 3.15. The Bertz CT molecular complexity index is 1020. The van der Waals surface area contributed by atoms with Gasteiger partial charge in [-0.15, -0.1) is 0 Å². The summed E-state index contributed by atoms with van der Waals surface area (Å²) in [6.07, 6.45) is 0.658. The summed E-state index contributed by atoms with van der Waals surface area (Å²) < 4.78 is 19.2. The normalized spacial score (nSPS) is 13.7. The fourth-order valence-corrected chi connectivity index (χ4v) is 3.27. The highest BCUT2D eigenvalue weighted by Gasteiger charge is 2.33. The van der Waals surface area contributed by atoms with Crippen molar-refractivity contribution in [2.75, 3.05) is 13.1 Å². The van der Waals surface area contributed by atoms with Crippen LogP contribution in [-0.4, -0.2) is 50.3 Å². The Morgan fingerprint density at radius 2 is 1.77 bits per heavy atom. The molecule has 0 amide bonds. The highest BCUT2D eigenvalue weighted by molar-refractivity contribution is 6.31. The number of aliphatic carboxylic acids is 2. The quantitative estimate of drug-likeness (QED) is 0.572. The van der Waals surface area contributed by atoms with E-state index in [1.54, 1.807) is 12.1 Å². The second-order valence-corrected chi connectivity index (χ2v) is 7.32. The lowest BCUT2D eigenvalue weighted by atomic mass is 9.99. The number of carboxylic acids is 2. The molecule has 8 nitrogen and oxygen atoms in total. The molecule has 2 aromatic carbocycles. The second kappa shape index (κ2) is 10.1. The SMILES string of the molecule is Fc1cccc(Cl)c1CN1CC(c2nc(Cc3ccccc3)no2)C1.O=C(O)C(=O)O. The maximum absolute atomic E-state index is 13.8. The van der Waals surface area contributed by atoms with Gasteiger partial charge in [-0.2, -0.15) is 4.98 Å². The first-order valence-corrected chi connectivity index (χ1v) is 9.69. The molecule has 1 fully saturated rings. The number of aromatic nitrogens is 2. The molecule has 162 valence electrons. The number of benzene rings is 2. The smallest absolute Gasteiger partial charge is 0.414 e. The summed E-state index contributed by atoms with van der Waals surface area (Å²) in [7, 11) is 0. The van der Waals surface area contributed by atoms with Crippen molar-refractivity contribution in [1.29, 1.82) is 0 Å². The second-order valence-electron chi connectivity index (χ2n) is 6.91. The molecule has 0 atom stereocenters. The van der Waals surface area contributed by atoms with Gasteiger partial charge in [-0.05, 0) is 17.7 Å². The van der Waals surface area contributed by atoms with Gasteiger partial charge >= 0.3 is 11.9 Å². The van der Waals surface area contributed by atoms with Crippen LogP contribution in [0.4, 0.5) is 4.39 Å². The van der Waals surface area contributed by atoms with Crippen LogP contribution in [0.15, 0.2) is 53.1 Å². The summed E-state index contributed by atoms with van der Waals surface area (Å²) >= 11 is 6.08. The third-order valence-electron chi connectivity index (χ3n) is 4.62. The van der Waals surface area contributed by atoms with Gasteiger partial charge in [-0.3, -0.25) is 4.90 Å². The Labute approximate surface area is 181 Å². The van der Waals surface area contributed by atoms with Crippen LogP contribution in [0.3, 0.4) is 0 Å². The lowest BCUT2D eigenvalue weighted by Crippen LogP contribution is -2.44. The molecule has 31 heavy (non-hydrogen) atoms. The van der Waals surface area contributed by atoms with E-state index in [9.17, 15) is 4.39 Å². The molecule has 2 heterocycles. The van der Waals surface area contributed by atoms with Crippen molar-refractivity contribution in [3.8, 4) is 0 Å². The number of hydrogen-bond donors (Lipinski definition) is 2. The van der Waals surface area contributed by atoms with Crippen molar-refractivity contribution in [2.45, 2.75) is 18.9 Å². The van der Waals surface area contributed by atoms with Gasteiger partial charge in [0, 0.05) is 36.6 Å². The van der Waals surface area contributed by atoms with Crippen LogP contribution in [0.1, 0.15) is 28.8 Å². The number of carbonyl (C=O) groups is 2. The molecule has 1 aliphatic rings. The maximum atomic E-state index is 13.8. The molecule has 0 bridgehead atoms. The number of rotatable bonds is 5. The maximum Gasteiger partial charge on any atom is 0.414 e. The fraction of sp³-hybridized carbons (Fsp3) is 0.238. The lowest BCUT2D eigenvalue weighted by Gasteiger charge is -2.37. The van der Waals surface area contributed by atoms with Gasteiger partial charge in [0.15, 0.2) is 5.82 Å². The van der Waals surface area contributed by atoms with Crippen LogP contribution < -0.4 is 0 Å². The number of hydrogen-bond acceptors (Lipinski definition) is 6. The highest BCUT2D eigenvalue weighted by Crippen LogP contribution is 2.30. The molecule has 0 radical (unpaired) electrons. The zero-order valence-corrected chi connectivity index (χ0v) is 17.0. The van der Waals surface area contributed by atoms with E-state index in [-0.39, 0.29) is 11.7 Å². The molecule has 10 heteroatoms. The minimum Gasteiger partial charge on any atom is -0.473 e. The summed E-state index contributed by atoms with van der Waals surface area (Å²) in [5, 5.41) is 19.3. The Morgan fingerprint density at radius 3 is 2.39 bits per heavy atom. The van der Waals surface area contributed by atoms with Gasteiger partial charge in [0.25, 0.3) is 0 Å². The van der Waals surface area contributed by atoms with Gasteiger partial charge in [-0.25, -0.2) is 14.0 Å². The zero-order chi connectivity index (χ0) is 22.4. The van der Waals surface area contributed by atoms with E-state index in [1.165, 1.54) is 6.07 Å². The van der Waals surface area contributed by atoms with Gasteiger partial charge in [0.05, 0.1) is 5.92 Å². The molecule has 4 rings (SSSR count). The molecule has 1 aromatic heterocycles. The fourth-order valence-electron chi connectivity index (χ4n) is 3.05. The number of carboxylic acid groups (broad SMARTS) is 2. The summed E-state index contributed by atoms with van der Waals surface area (Å²) in [5.74, 6) is -2.37.